The molecule has 28 heavy (non-hydrogen) atoms. The maximum absolute atomic E-state index is 12.8. The molecular formula is C21H26ClN3O3. The summed E-state index contributed by atoms with van der Waals surface area (Å²) < 4.78 is 0. The highest BCUT2D eigenvalue weighted by Gasteiger charge is 2.52. The SMILES string of the molecule is O=C1CC(=O)C(CCC(=O)N2CCN(c3cccc(Cl)c3)CC2)(C2CCC2)N1. The maximum atomic E-state index is 12.8. The van der Waals surface area contributed by atoms with Crippen molar-refractivity contribution in [2.45, 2.75) is 44.1 Å². The molecule has 2 heterocycles. The number of ketones is 1. The summed E-state index contributed by atoms with van der Waals surface area (Å²) in [5.74, 6) is 0.0394. The van der Waals surface area contributed by atoms with Gasteiger partial charge in [0.05, 0.1) is 6.42 Å². The van der Waals surface area contributed by atoms with Gasteiger partial charge in [-0.25, -0.2) is 0 Å². The summed E-state index contributed by atoms with van der Waals surface area (Å²) >= 11 is 6.08. The van der Waals surface area contributed by atoms with Crippen molar-refractivity contribution in [2.24, 2.45) is 5.92 Å². The van der Waals surface area contributed by atoms with E-state index in [0.717, 1.165) is 38.0 Å². The Morgan fingerprint density at radius 1 is 1.18 bits per heavy atom. The van der Waals surface area contributed by atoms with E-state index in [4.69, 9.17) is 11.6 Å². The average molecular weight is 404 g/mol. The van der Waals surface area contributed by atoms with Gasteiger partial charge in [0.25, 0.3) is 0 Å². The second kappa shape index (κ2) is 7.74. The lowest BCUT2D eigenvalue weighted by atomic mass is 9.67. The third-order valence-electron chi connectivity index (χ3n) is 6.52. The molecule has 150 valence electrons. The number of rotatable bonds is 5. The van der Waals surface area contributed by atoms with Crippen LogP contribution in [0.5, 0.6) is 0 Å². The van der Waals surface area contributed by atoms with Gasteiger partial charge in [0, 0.05) is 43.3 Å². The topological polar surface area (TPSA) is 69.7 Å². The van der Waals surface area contributed by atoms with Crippen molar-refractivity contribution in [3.8, 4) is 0 Å². The minimum absolute atomic E-state index is 0.0271. The molecule has 6 nitrogen and oxygen atoms in total. The van der Waals surface area contributed by atoms with Gasteiger partial charge >= 0.3 is 0 Å². The predicted molar refractivity (Wildman–Crippen MR) is 107 cm³/mol. The lowest BCUT2D eigenvalue weighted by Gasteiger charge is -2.42. The second-order valence-corrected chi connectivity index (χ2v) is 8.53. The predicted octanol–water partition coefficient (Wildman–Crippen LogP) is 2.40. The molecule has 0 aromatic heterocycles. The number of halogens is 1. The van der Waals surface area contributed by atoms with E-state index in [0.29, 0.717) is 31.0 Å². The molecule has 2 saturated heterocycles. The van der Waals surface area contributed by atoms with Crippen LogP contribution >= 0.6 is 11.6 Å². The van der Waals surface area contributed by atoms with Crippen molar-refractivity contribution >= 4 is 34.9 Å². The summed E-state index contributed by atoms with van der Waals surface area (Å²) in [6, 6.07) is 7.75. The summed E-state index contributed by atoms with van der Waals surface area (Å²) in [7, 11) is 0. The zero-order chi connectivity index (χ0) is 19.7. The highest BCUT2D eigenvalue weighted by molar-refractivity contribution is 6.30. The highest BCUT2D eigenvalue weighted by atomic mass is 35.5. The van der Waals surface area contributed by atoms with Crippen LogP contribution < -0.4 is 10.2 Å². The van der Waals surface area contributed by atoms with Crippen LogP contribution in [0.1, 0.15) is 38.5 Å². The molecule has 1 aromatic carbocycles. The summed E-state index contributed by atoms with van der Waals surface area (Å²) in [4.78, 5) is 41.2. The molecule has 4 rings (SSSR count). The van der Waals surface area contributed by atoms with Gasteiger partial charge in [-0.2, -0.15) is 0 Å². The molecule has 1 aromatic rings. The molecule has 1 N–H and O–H groups in total. The number of benzene rings is 1. The van der Waals surface area contributed by atoms with Gasteiger partial charge in [0.2, 0.25) is 11.8 Å². The van der Waals surface area contributed by atoms with E-state index in [-0.39, 0.29) is 29.9 Å². The minimum Gasteiger partial charge on any atom is -0.368 e. The molecule has 1 saturated carbocycles. The van der Waals surface area contributed by atoms with Gasteiger partial charge in [-0.15, -0.1) is 0 Å². The standard InChI is InChI=1S/C21H26ClN3O3/c22-16-5-2-6-17(13-16)24-9-11-25(12-10-24)20(28)7-8-21(15-3-1-4-15)18(26)14-19(27)23-21/h2,5-6,13,15H,1,3-4,7-12,14H2,(H,23,27). The van der Waals surface area contributed by atoms with Crippen LogP contribution in [0.4, 0.5) is 5.69 Å². The number of nitrogens with zero attached hydrogens (tertiary/aromatic N) is 2. The fourth-order valence-corrected chi connectivity index (χ4v) is 4.84. The zero-order valence-corrected chi connectivity index (χ0v) is 16.7. The molecule has 1 unspecified atom stereocenters. The summed E-state index contributed by atoms with van der Waals surface area (Å²) in [6.45, 7) is 2.83. The smallest absolute Gasteiger partial charge is 0.228 e. The molecule has 2 amide bonds. The molecule has 0 bridgehead atoms. The van der Waals surface area contributed by atoms with Crippen LogP contribution in [0.3, 0.4) is 0 Å². The van der Waals surface area contributed by atoms with E-state index in [1.807, 2.05) is 29.2 Å². The van der Waals surface area contributed by atoms with Crippen molar-refractivity contribution in [3.63, 3.8) is 0 Å². The number of nitrogens with one attached hydrogen (secondary N) is 1. The Morgan fingerprint density at radius 3 is 2.50 bits per heavy atom. The quantitative estimate of drug-likeness (QED) is 0.766. The molecular weight excluding hydrogens is 378 g/mol. The number of anilines is 1. The first-order valence-electron chi connectivity index (χ1n) is 10.1. The Kier molecular flexibility index (Phi) is 5.32. The first-order valence-corrected chi connectivity index (χ1v) is 10.5. The van der Waals surface area contributed by atoms with Crippen LogP contribution in [0.25, 0.3) is 0 Å². The second-order valence-electron chi connectivity index (χ2n) is 8.10. The third kappa shape index (κ3) is 3.62. The maximum Gasteiger partial charge on any atom is 0.228 e. The molecule has 0 radical (unpaired) electrons. The molecule has 0 spiro atoms. The number of hydrogen-bond acceptors (Lipinski definition) is 4. The van der Waals surface area contributed by atoms with Gasteiger partial charge < -0.3 is 15.1 Å². The fraction of sp³-hybridized carbons (Fsp3) is 0.571. The van der Waals surface area contributed by atoms with Crippen LogP contribution in [0.15, 0.2) is 24.3 Å². The van der Waals surface area contributed by atoms with E-state index >= 15 is 0 Å². The zero-order valence-electron chi connectivity index (χ0n) is 16.0. The molecule has 3 aliphatic rings. The van der Waals surface area contributed by atoms with Crippen molar-refractivity contribution < 1.29 is 14.4 Å². The number of Topliss-reactive ketones (excluding diaryl/α,β-unsaturated/α-hetero) is 1. The van der Waals surface area contributed by atoms with Gasteiger partial charge in [0.15, 0.2) is 5.78 Å². The third-order valence-corrected chi connectivity index (χ3v) is 6.76. The van der Waals surface area contributed by atoms with Crippen molar-refractivity contribution in [2.75, 3.05) is 31.1 Å². The van der Waals surface area contributed by atoms with E-state index in [1.54, 1.807) is 0 Å². The molecule has 2 aliphatic heterocycles. The Labute approximate surface area is 170 Å². The Morgan fingerprint density at radius 2 is 1.93 bits per heavy atom. The van der Waals surface area contributed by atoms with Crippen molar-refractivity contribution in [1.29, 1.82) is 0 Å². The Bertz CT molecular complexity index is 787. The van der Waals surface area contributed by atoms with Gasteiger partial charge in [-0.3, -0.25) is 14.4 Å². The Hall–Kier alpha value is -2.08. The average Bonchev–Trinajstić information content (AvgIpc) is 2.92. The van der Waals surface area contributed by atoms with Crippen LogP contribution in [-0.2, 0) is 14.4 Å². The van der Waals surface area contributed by atoms with Crippen LogP contribution in [0, 0.1) is 5.92 Å². The number of carbonyl (C=O) groups excluding carboxylic acids is 3. The Balaban J connectivity index is 1.33. The molecule has 1 aliphatic carbocycles. The highest BCUT2D eigenvalue weighted by Crippen LogP contribution is 2.42. The molecule has 7 heteroatoms. The molecule has 1 atom stereocenters. The number of amides is 2. The normalized spacial score (nSPS) is 25.6. The first kappa shape index (κ1) is 19.2. The van der Waals surface area contributed by atoms with Crippen molar-refractivity contribution in [1.82, 2.24) is 10.2 Å². The first-order chi connectivity index (χ1) is 13.5. The van der Waals surface area contributed by atoms with Gasteiger partial charge in [0.1, 0.15) is 5.54 Å². The minimum atomic E-state index is -0.798. The lowest BCUT2D eigenvalue weighted by molar-refractivity contribution is -0.133. The lowest BCUT2D eigenvalue weighted by Crippen LogP contribution is -2.56. The molecule has 3 fully saturated rings. The van der Waals surface area contributed by atoms with E-state index in [1.165, 1.54) is 0 Å². The summed E-state index contributed by atoms with van der Waals surface area (Å²) in [5.41, 5.74) is 0.274. The number of carbonyl (C=O) groups is 3. The fourth-order valence-electron chi connectivity index (χ4n) is 4.65. The van der Waals surface area contributed by atoms with E-state index < -0.39 is 5.54 Å². The van der Waals surface area contributed by atoms with Gasteiger partial charge in [-0.05, 0) is 43.4 Å². The van der Waals surface area contributed by atoms with E-state index in [9.17, 15) is 14.4 Å². The summed E-state index contributed by atoms with van der Waals surface area (Å²) in [6.07, 6.45) is 3.70. The van der Waals surface area contributed by atoms with E-state index in [2.05, 4.69) is 10.2 Å². The van der Waals surface area contributed by atoms with Crippen molar-refractivity contribution in [3.05, 3.63) is 29.3 Å². The van der Waals surface area contributed by atoms with Crippen LogP contribution in [-0.4, -0.2) is 54.2 Å². The number of hydrogen-bond donors (Lipinski definition) is 1. The van der Waals surface area contributed by atoms with Gasteiger partial charge in [-0.1, -0.05) is 24.1 Å². The largest absolute Gasteiger partial charge is 0.368 e. The monoisotopic (exact) mass is 403 g/mol. The number of piperazine rings is 1. The van der Waals surface area contributed by atoms with Crippen LogP contribution in [0.2, 0.25) is 5.02 Å². The summed E-state index contributed by atoms with van der Waals surface area (Å²) in [5, 5.41) is 3.64.